The van der Waals surface area contributed by atoms with Gasteiger partial charge in [0.15, 0.2) is 0 Å². The van der Waals surface area contributed by atoms with Gasteiger partial charge in [-0.3, -0.25) is 9.59 Å². The van der Waals surface area contributed by atoms with Crippen LogP contribution in [0, 0.1) is 0 Å². The summed E-state index contributed by atoms with van der Waals surface area (Å²) in [7, 11) is 0. The molecule has 0 aromatic rings. The van der Waals surface area contributed by atoms with Crippen LogP contribution in [0.4, 0.5) is 0 Å². The van der Waals surface area contributed by atoms with Crippen molar-refractivity contribution in [3.05, 3.63) is 9.81 Å². The maximum Gasteiger partial charge on any atom is 0.256 e. The molecular weight excluding hydrogens is 172 g/mol. The molecule has 10 heavy (non-hydrogen) atoms. The number of rotatable bonds is 2. The monoisotopic (exact) mass is 178 g/mol. The van der Waals surface area contributed by atoms with Crippen molar-refractivity contribution >= 4 is 37.1 Å². The van der Waals surface area contributed by atoms with Crippen molar-refractivity contribution in [1.82, 2.24) is 0 Å². The molecule has 2 amide bonds. The molecule has 56 valence electrons. The van der Waals surface area contributed by atoms with E-state index in [4.69, 9.17) is 11.5 Å². The summed E-state index contributed by atoms with van der Waals surface area (Å²) in [6.45, 7) is 0. The lowest BCUT2D eigenvalue weighted by atomic mass is 10.4. The molecule has 0 unspecified atom stereocenters. The fourth-order valence-corrected chi connectivity index (χ4v) is 0.454. The van der Waals surface area contributed by atoms with Crippen molar-refractivity contribution in [1.29, 1.82) is 0 Å². The molecule has 0 aliphatic carbocycles. The highest BCUT2D eigenvalue weighted by Crippen LogP contribution is 2.10. The zero-order chi connectivity index (χ0) is 8.31. The highest BCUT2D eigenvalue weighted by molar-refractivity contribution is 7.90. The average molecular weight is 178 g/mol. The van der Waals surface area contributed by atoms with Gasteiger partial charge in [0.25, 0.3) is 11.8 Å². The molecule has 4 nitrogen and oxygen atoms in total. The Bertz CT molecular complexity index is 189. The van der Waals surface area contributed by atoms with Crippen molar-refractivity contribution < 1.29 is 9.59 Å². The van der Waals surface area contributed by atoms with Crippen LogP contribution in [0.25, 0.3) is 0 Å². The number of hydrogen-bond donors (Lipinski definition) is 4. The summed E-state index contributed by atoms with van der Waals surface area (Å²) in [6, 6.07) is 0. The number of carbonyl (C=O) groups excluding carboxylic acids is 2. The Morgan fingerprint density at radius 3 is 1.20 bits per heavy atom. The van der Waals surface area contributed by atoms with Gasteiger partial charge < -0.3 is 11.5 Å². The van der Waals surface area contributed by atoms with Gasteiger partial charge in [-0.15, -0.1) is 25.3 Å². The van der Waals surface area contributed by atoms with E-state index in [1.807, 2.05) is 0 Å². The fourth-order valence-electron chi connectivity index (χ4n) is 0.233. The third-order valence-electron chi connectivity index (χ3n) is 0.691. The second-order valence-corrected chi connectivity index (χ2v) is 2.32. The smallest absolute Gasteiger partial charge is 0.256 e. The first-order valence-corrected chi connectivity index (χ1v) is 3.08. The molecule has 0 atom stereocenters. The van der Waals surface area contributed by atoms with E-state index >= 15 is 0 Å². The molecule has 0 heterocycles. The summed E-state index contributed by atoms with van der Waals surface area (Å²) in [4.78, 5) is 20.1. The molecule has 6 heteroatoms. The van der Waals surface area contributed by atoms with Crippen LogP contribution < -0.4 is 11.5 Å². The molecule has 0 bridgehead atoms. The summed E-state index contributed by atoms with van der Waals surface area (Å²) < 4.78 is 0. The Labute approximate surface area is 68.5 Å². The molecule has 4 N–H and O–H groups in total. The first kappa shape index (κ1) is 9.38. The summed E-state index contributed by atoms with van der Waals surface area (Å²) in [5.41, 5.74) is 9.49. The number of amides is 2. The van der Waals surface area contributed by atoms with Crippen molar-refractivity contribution in [3.63, 3.8) is 0 Å². The average Bonchev–Trinajstić information content (AvgIpc) is 1.84. The lowest BCUT2D eigenvalue weighted by Gasteiger charge is -1.95. The second-order valence-electron chi connectivity index (χ2n) is 1.43. The lowest BCUT2D eigenvalue weighted by molar-refractivity contribution is -0.116. The predicted molar refractivity (Wildman–Crippen MR) is 43.4 cm³/mol. The Morgan fingerprint density at radius 1 is 0.900 bits per heavy atom. The van der Waals surface area contributed by atoms with Gasteiger partial charge in [-0.25, -0.2) is 0 Å². The van der Waals surface area contributed by atoms with Crippen LogP contribution in [0.15, 0.2) is 9.81 Å². The van der Waals surface area contributed by atoms with Gasteiger partial charge in [0.05, 0.1) is 9.81 Å². The van der Waals surface area contributed by atoms with E-state index in [0.29, 0.717) is 0 Å². The standard InChI is InChI=1S/C4H6N2O2S2/c5-3(7)1(9)2(10)4(6)8/h9-10H,(H2,5,7)(H2,6,8)/b2-1-. The molecule has 0 aromatic heterocycles. The number of carbonyl (C=O) groups is 2. The molecule has 0 aliphatic rings. The minimum absolute atomic E-state index is 0.226. The molecule has 0 aromatic carbocycles. The van der Waals surface area contributed by atoms with Gasteiger partial charge in [-0.2, -0.15) is 0 Å². The van der Waals surface area contributed by atoms with Crippen molar-refractivity contribution in [2.45, 2.75) is 0 Å². The van der Waals surface area contributed by atoms with Crippen LogP contribution in [0.3, 0.4) is 0 Å². The van der Waals surface area contributed by atoms with Gasteiger partial charge >= 0.3 is 0 Å². The van der Waals surface area contributed by atoms with Crippen molar-refractivity contribution in [2.75, 3.05) is 0 Å². The minimum Gasteiger partial charge on any atom is -0.365 e. The second kappa shape index (κ2) is 3.52. The van der Waals surface area contributed by atoms with Crippen molar-refractivity contribution in [3.8, 4) is 0 Å². The molecular formula is C4H6N2O2S2. The number of primary amides is 2. The maximum atomic E-state index is 10.3. The predicted octanol–water partition coefficient (Wildman–Crippen LogP) is -0.972. The third-order valence-corrected chi connectivity index (χ3v) is 1.76. The maximum absolute atomic E-state index is 10.3. The lowest BCUT2D eigenvalue weighted by Crippen LogP contribution is -2.18. The first-order chi connectivity index (χ1) is 4.46. The Kier molecular flexibility index (Phi) is 3.31. The topological polar surface area (TPSA) is 86.2 Å². The van der Waals surface area contributed by atoms with Crippen LogP contribution in [0.2, 0.25) is 0 Å². The zero-order valence-electron chi connectivity index (χ0n) is 4.87. The van der Waals surface area contributed by atoms with E-state index in [-0.39, 0.29) is 9.81 Å². The molecule has 0 spiro atoms. The summed E-state index contributed by atoms with van der Waals surface area (Å²) in [5.74, 6) is -1.65. The highest BCUT2D eigenvalue weighted by atomic mass is 32.1. The highest BCUT2D eigenvalue weighted by Gasteiger charge is 2.08. The first-order valence-electron chi connectivity index (χ1n) is 2.18. The normalized spacial score (nSPS) is 12.2. The Morgan fingerprint density at radius 2 is 1.10 bits per heavy atom. The van der Waals surface area contributed by atoms with E-state index in [1.54, 1.807) is 0 Å². The third kappa shape index (κ3) is 2.32. The summed E-state index contributed by atoms with van der Waals surface area (Å²) in [6.07, 6.45) is 0. The Balaban J connectivity index is 4.67. The van der Waals surface area contributed by atoms with Crippen LogP contribution >= 0.6 is 25.3 Å². The van der Waals surface area contributed by atoms with Crippen LogP contribution in [0.5, 0.6) is 0 Å². The Hall–Kier alpha value is -0.620. The minimum atomic E-state index is -0.827. The van der Waals surface area contributed by atoms with E-state index in [0.717, 1.165) is 0 Å². The quantitative estimate of drug-likeness (QED) is 0.324. The molecule has 0 saturated heterocycles. The summed E-state index contributed by atoms with van der Waals surface area (Å²) >= 11 is 7.17. The molecule has 0 radical (unpaired) electrons. The number of hydrogen-bond acceptors (Lipinski definition) is 4. The van der Waals surface area contributed by atoms with Crippen molar-refractivity contribution in [2.24, 2.45) is 11.5 Å². The van der Waals surface area contributed by atoms with E-state index in [9.17, 15) is 9.59 Å². The molecule has 0 aliphatic heterocycles. The van der Waals surface area contributed by atoms with Crippen LogP contribution in [-0.4, -0.2) is 11.8 Å². The van der Waals surface area contributed by atoms with Crippen LogP contribution in [0.1, 0.15) is 0 Å². The molecule has 0 fully saturated rings. The fraction of sp³-hybridized carbons (Fsp3) is 0. The van der Waals surface area contributed by atoms with E-state index < -0.39 is 11.8 Å². The van der Waals surface area contributed by atoms with Gasteiger partial charge in [0.2, 0.25) is 0 Å². The number of thiol groups is 2. The van der Waals surface area contributed by atoms with Gasteiger partial charge in [-0.1, -0.05) is 0 Å². The van der Waals surface area contributed by atoms with Crippen LogP contribution in [-0.2, 0) is 9.59 Å². The number of nitrogens with two attached hydrogens (primary N) is 2. The largest absolute Gasteiger partial charge is 0.365 e. The van der Waals surface area contributed by atoms with Gasteiger partial charge in [0, 0.05) is 0 Å². The molecule has 0 rings (SSSR count). The van der Waals surface area contributed by atoms with E-state index in [2.05, 4.69) is 25.3 Å². The zero-order valence-corrected chi connectivity index (χ0v) is 6.65. The van der Waals surface area contributed by atoms with Gasteiger partial charge in [-0.05, 0) is 0 Å². The summed E-state index contributed by atoms with van der Waals surface area (Å²) in [5, 5.41) is 0. The SMILES string of the molecule is NC(=O)/C(S)=C(/S)C(N)=O. The van der Waals surface area contributed by atoms with E-state index in [1.165, 1.54) is 0 Å². The van der Waals surface area contributed by atoms with Gasteiger partial charge in [0.1, 0.15) is 0 Å². The molecule has 0 saturated carbocycles.